The molecule has 1 unspecified atom stereocenters. The molecule has 1 aromatic rings. The largest absolute Gasteiger partial charge is 0.491 e. The molecule has 1 fully saturated rings. The summed E-state index contributed by atoms with van der Waals surface area (Å²) in [7, 11) is 0. The minimum atomic E-state index is -1.82. The molecular weight excluding hydrogens is 302 g/mol. The summed E-state index contributed by atoms with van der Waals surface area (Å²) < 4.78 is 11.1. The van der Waals surface area contributed by atoms with Crippen LogP contribution in [-0.2, 0) is 14.3 Å². The van der Waals surface area contributed by atoms with Crippen molar-refractivity contribution < 1.29 is 29.3 Å². The zero-order valence-corrected chi connectivity index (χ0v) is 11.9. The lowest BCUT2D eigenvalue weighted by molar-refractivity contribution is -0.159. The second-order valence-electron chi connectivity index (χ2n) is 4.08. The first-order chi connectivity index (χ1) is 9.99. The molecule has 3 N–H and O–H groups in total. The van der Waals surface area contributed by atoms with Crippen molar-refractivity contribution in [1.29, 1.82) is 0 Å². The van der Waals surface area contributed by atoms with Gasteiger partial charge in [0, 0.05) is 18.1 Å². The van der Waals surface area contributed by atoms with E-state index < -0.39 is 11.9 Å². The molecule has 1 aliphatic heterocycles. The Kier molecular flexibility index (Phi) is 7.52. The molecule has 1 aliphatic rings. The van der Waals surface area contributed by atoms with Crippen molar-refractivity contribution in [1.82, 2.24) is 5.32 Å². The van der Waals surface area contributed by atoms with Crippen LogP contribution in [0.3, 0.4) is 0 Å². The standard InChI is InChI=1S/C11H14ClNO2.C2H2O4/c12-9-2-1-3-10(6-9)15-8-11-7-13-4-5-14-11;3-1(4)2(5)6/h1-3,6,11,13H,4-5,7-8H2;(H,3,4)(H,5,6). The van der Waals surface area contributed by atoms with E-state index in [1.807, 2.05) is 18.2 Å². The smallest absolute Gasteiger partial charge is 0.414 e. The van der Waals surface area contributed by atoms with Crippen LogP contribution in [0.4, 0.5) is 0 Å². The maximum Gasteiger partial charge on any atom is 0.414 e. The number of nitrogens with one attached hydrogen (secondary N) is 1. The van der Waals surface area contributed by atoms with Gasteiger partial charge in [-0.15, -0.1) is 0 Å². The van der Waals surface area contributed by atoms with Gasteiger partial charge in [-0.3, -0.25) is 0 Å². The van der Waals surface area contributed by atoms with Crippen LogP contribution in [0.25, 0.3) is 0 Å². The SMILES string of the molecule is Clc1cccc(OCC2CNCCO2)c1.O=C(O)C(=O)O. The van der Waals surface area contributed by atoms with Gasteiger partial charge in [0.05, 0.1) is 6.61 Å². The molecule has 0 bridgehead atoms. The third-order valence-electron chi connectivity index (χ3n) is 2.42. The minimum Gasteiger partial charge on any atom is -0.491 e. The lowest BCUT2D eigenvalue weighted by Gasteiger charge is -2.23. The van der Waals surface area contributed by atoms with Gasteiger partial charge in [-0.2, -0.15) is 0 Å². The third-order valence-corrected chi connectivity index (χ3v) is 2.65. The number of hydrogen-bond acceptors (Lipinski definition) is 5. The fourth-order valence-electron chi connectivity index (χ4n) is 1.47. The number of morpholine rings is 1. The molecule has 0 spiro atoms. The Morgan fingerprint density at radius 3 is 2.62 bits per heavy atom. The van der Waals surface area contributed by atoms with E-state index in [9.17, 15) is 0 Å². The van der Waals surface area contributed by atoms with Gasteiger partial charge in [0.1, 0.15) is 18.5 Å². The second-order valence-corrected chi connectivity index (χ2v) is 4.51. The van der Waals surface area contributed by atoms with Crippen LogP contribution in [-0.4, -0.2) is 54.6 Å². The van der Waals surface area contributed by atoms with E-state index >= 15 is 0 Å². The monoisotopic (exact) mass is 317 g/mol. The topological polar surface area (TPSA) is 105 Å². The Morgan fingerprint density at radius 1 is 1.38 bits per heavy atom. The molecular formula is C13H16ClNO6. The van der Waals surface area contributed by atoms with E-state index in [0.717, 1.165) is 25.4 Å². The van der Waals surface area contributed by atoms with Crippen molar-refractivity contribution in [2.75, 3.05) is 26.3 Å². The van der Waals surface area contributed by atoms with Crippen molar-refractivity contribution in [2.24, 2.45) is 0 Å². The van der Waals surface area contributed by atoms with Gasteiger partial charge in [0.2, 0.25) is 0 Å². The Bertz CT molecular complexity index is 463. The lowest BCUT2D eigenvalue weighted by Crippen LogP contribution is -2.41. The van der Waals surface area contributed by atoms with E-state index in [4.69, 9.17) is 40.9 Å². The maximum absolute atomic E-state index is 9.10. The van der Waals surface area contributed by atoms with E-state index in [-0.39, 0.29) is 6.10 Å². The molecule has 1 saturated heterocycles. The second kappa shape index (κ2) is 9.17. The predicted molar refractivity (Wildman–Crippen MR) is 74.8 cm³/mol. The van der Waals surface area contributed by atoms with Gasteiger partial charge >= 0.3 is 11.9 Å². The molecule has 0 amide bonds. The van der Waals surface area contributed by atoms with Crippen molar-refractivity contribution in [3.63, 3.8) is 0 Å². The Balaban J connectivity index is 0.000000315. The number of ether oxygens (including phenoxy) is 2. The summed E-state index contributed by atoms with van der Waals surface area (Å²) in [5.41, 5.74) is 0. The minimum absolute atomic E-state index is 0.137. The first-order valence-corrected chi connectivity index (χ1v) is 6.53. The molecule has 1 heterocycles. The summed E-state index contributed by atoms with van der Waals surface area (Å²) in [5.74, 6) is -2.86. The molecule has 0 aromatic heterocycles. The van der Waals surface area contributed by atoms with Gasteiger partial charge in [-0.1, -0.05) is 17.7 Å². The fraction of sp³-hybridized carbons (Fsp3) is 0.385. The zero-order valence-electron chi connectivity index (χ0n) is 11.1. The van der Waals surface area contributed by atoms with Crippen molar-refractivity contribution in [2.45, 2.75) is 6.10 Å². The highest BCUT2D eigenvalue weighted by Crippen LogP contribution is 2.17. The van der Waals surface area contributed by atoms with Gasteiger partial charge in [0.25, 0.3) is 0 Å². The number of carboxylic acid groups (broad SMARTS) is 2. The molecule has 0 radical (unpaired) electrons. The average Bonchev–Trinajstić information content (AvgIpc) is 2.47. The summed E-state index contributed by atoms with van der Waals surface area (Å²) in [6, 6.07) is 7.39. The number of rotatable bonds is 3. The summed E-state index contributed by atoms with van der Waals surface area (Å²) >= 11 is 5.84. The Morgan fingerprint density at radius 2 is 2.10 bits per heavy atom. The van der Waals surface area contributed by atoms with E-state index in [1.165, 1.54) is 0 Å². The predicted octanol–water partition coefficient (Wildman–Crippen LogP) is 0.863. The highest BCUT2D eigenvalue weighted by molar-refractivity contribution is 6.30. The molecule has 1 atom stereocenters. The maximum atomic E-state index is 9.10. The number of halogens is 1. The molecule has 1 aromatic carbocycles. The molecule has 8 heteroatoms. The molecule has 2 rings (SSSR count). The van der Waals surface area contributed by atoms with Gasteiger partial charge in [-0.25, -0.2) is 9.59 Å². The molecule has 7 nitrogen and oxygen atoms in total. The van der Waals surface area contributed by atoms with E-state index in [0.29, 0.717) is 11.6 Å². The van der Waals surface area contributed by atoms with Crippen LogP contribution in [0.5, 0.6) is 5.75 Å². The molecule has 0 aliphatic carbocycles. The van der Waals surface area contributed by atoms with Gasteiger partial charge < -0.3 is 25.0 Å². The molecule has 116 valence electrons. The van der Waals surface area contributed by atoms with Crippen LogP contribution in [0.15, 0.2) is 24.3 Å². The Hall–Kier alpha value is -1.83. The number of aliphatic carboxylic acids is 2. The van der Waals surface area contributed by atoms with E-state index in [2.05, 4.69) is 5.32 Å². The normalized spacial score (nSPS) is 17.3. The highest BCUT2D eigenvalue weighted by atomic mass is 35.5. The van der Waals surface area contributed by atoms with Crippen LogP contribution in [0, 0.1) is 0 Å². The van der Waals surface area contributed by atoms with Gasteiger partial charge in [-0.05, 0) is 18.2 Å². The lowest BCUT2D eigenvalue weighted by atomic mass is 10.3. The van der Waals surface area contributed by atoms with Crippen LogP contribution < -0.4 is 10.1 Å². The van der Waals surface area contributed by atoms with Crippen molar-refractivity contribution in [3.8, 4) is 5.75 Å². The number of hydrogen-bond donors (Lipinski definition) is 3. The fourth-order valence-corrected chi connectivity index (χ4v) is 1.65. The van der Waals surface area contributed by atoms with Gasteiger partial charge in [0.15, 0.2) is 0 Å². The molecule has 0 saturated carbocycles. The Labute approximate surface area is 126 Å². The van der Waals surface area contributed by atoms with Crippen LogP contribution in [0.2, 0.25) is 5.02 Å². The summed E-state index contributed by atoms with van der Waals surface area (Å²) in [6.45, 7) is 3.09. The average molecular weight is 318 g/mol. The zero-order chi connectivity index (χ0) is 15.7. The third kappa shape index (κ3) is 7.50. The number of carbonyl (C=O) groups is 2. The quantitative estimate of drug-likeness (QED) is 0.710. The summed E-state index contributed by atoms with van der Waals surface area (Å²) in [5, 5.41) is 18.7. The van der Waals surface area contributed by atoms with Crippen LogP contribution >= 0.6 is 11.6 Å². The summed E-state index contributed by atoms with van der Waals surface area (Å²) in [6.07, 6.45) is 0.137. The first kappa shape index (κ1) is 17.2. The summed E-state index contributed by atoms with van der Waals surface area (Å²) in [4.78, 5) is 18.2. The van der Waals surface area contributed by atoms with Crippen molar-refractivity contribution in [3.05, 3.63) is 29.3 Å². The number of benzene rings is 1. The van der Waals surface area contributed by atoms with Crippen LogP contribution in [0.1, 0.15) is 0 Å². The highest BCUT2D eigenvalue weighted by Gasteiger charge is 2.13. The van der Waals surface area contributed by atoms with E-state index in [1.54, 1.807) is 6.07 Å². The first-order valence-electron chi connectivity index (χ1n) is 6.16. The molecule has 21 heavy (non-hydrogen) atoms. The number of carboxylic acids is 2. The van der Waals surface area contributed by atoms with Crippen molar-refractivity contribution >= 4 is 23.5 Å².